The number of hydrogen-bond acceptors (Lipinski definition) is 2. The lowest BCUT2D eigenvalue weighted by Crippen LogP contribution is -2.37. The van der Waals surface area contributed by atoms with Crippen molar-refractivity contribution in [3.05, 3.63) is 0 Å². The lowest BCUT2D eigenvalue weighted by Gasteiger charge is -2.17. The maximum atomic E-state index is 11.6. The van der Waals surface area contributed by atoms with Crippen molar-refractivity contribution in [2.24, 2.45) is 0 Å². The number of amides is 1. The summed E-state index contributed by atoms with van der Waals surface area (Å²) in [7, 11) is 0. The van der Waals surface area contributed by atoms with Crippen molar-refractivity contribution >= 4 is 5.91 Å². The zero-order valence-corrected chi connectivity index (χ0v) is 13.3. The van der Waals surface area contributed by atoms with E-state index < -0.39 is 0 Å². The SMILES string of the molecule is CCCCCCCCCCNC(=O)CN(CC)CC. The van der Waals surface area contributed by atoms with Gasteiger partial charge in [0, 0.05) is 6.54 Å². The third-order valence-corrected chi connectivity index (χ3v) is 3.61. The van der Waals surface area contributed by atoms with Gasteiger partial charge >= 0.3 is 0 Å². The largest absolute Gasteiger partial charge is 0.355 e. The number of hydrogen-bond donors (Lipinski definition) is 1. The van der Waals surface area contributed by atoms with Crippen LogP contribution in [0.15, 0.2) is 0 Å². The average molecular weight is 270 g/mol. The number of rotatable bonds is 13. The predicted octanol–water partition coefficient (Wildman–Crippen LogP) is 3.59. The molecular weight excluding hydrogens is 236 g/mol. The molecule has 114 valence electrons. The van der Waals surface area contributed by atoms with E-state index in [2.05, 4.69) is 31.0 Å². The van der Waals surface area contributed by atoms with E-state index in [4.69, 9.17) is 0 Å². The van der Waals surface area contributed by atoms with Crippen molar-refractivity contribution in [3.8, 4) is 0 Å². The lowest BCUT2D eigenvalue weighted by atomic mass is 10.1. The summed E-state index contributed by atoms with van der Waals surface area (Å²) in [6, 6.07) is 0. The van der Waals surface area contributed by atoms with Gasteiger partial charge in [-0.2, -0.15) is 0 Å². The van der Waals surface area contributed by atoms with Gasteiger partial charge in [0.15, 0.2) is 0 Å². The van der Waals surface area contributed by atoms with Crippen LogP contribution in [0.25, 0.3) is 0 Å². The second-order valence-corrected chi connectivity index (χ2v) is 5.29. The van der Waals surface area contributed by atoms with Crippen LogP contribution in [0.3, 0.4) is 0 Å². The van der Waals surface area contributed by atoms with Gasteiger partial charge in [0.05, 0.1) is 6.54 Å². The molecule has 0 aromatic rings. The first kappa shape index (κ1) is 18.4. The number of unbranched alkanes of at least 4 members (excludes halogenated alkanes) is 7. The highest BCUT2D eigenvalue weighted by molar-refractivity contribution is 5.77. The van der Waals surface area contributed by atoms with Gasteiger partial charge < -0.3 is 5.32 Å². The topological polar surface area (TPSA) is 32.3 Å². The van der Waals surface area contributed by atoms with Crippen molar-refractivity contribution in [1.82, 2.24) is 10.2 Å². The maximum absolute atomic E-state index is 11.6. The van der Waals surface area contributed by atoms with Gasteiger partial charge in [0.1, 0.15) is 0 Å². The number of nitrogens with one attached hydrogen (secondary N) is 1. The van der Waals surface area contributed by atoms with E-state index in [1.807, 2.05) is 0 Å². The minimum Gasteiger partial charge on any atom is -0.355 e. The number of likely N-dealkylation sites (N-methyl/N-ethyl adjacent to an activating group) is 1. The molecule has 0 atom stereocenters. The molecule has 0 aliphatic carbocycles. The van der Waals surface area contributed by atoms with Crippen molar-refractivity contribution in [2.45, 2.75) is 72.1 Å². The Bertz CT molecular complexity index is 203. The van der Waals surface area contributed by atoms with Crippen LogP contribution in [-0.4, -0.2) is 37.0 Å². The molecule has 1 N–H and O–H groups in total. The van der Waals surface area contributed by atoms with E-state index in [1.54, 1.807) is 0 Å². The van der Waals surface area contributed by atoms with Crippen LogP contribution < -0.4 is 5.32 Å². The Morgan fingerprint density at radius 1 is 0.842 bits per heavy atom. The molecule has 0 bridgehead atoms. The minimum atomic E-state index is 0.173. The molecule has 0 fully saturated rings. The third-order valence-electron chi connectivity index (χ3n) is 3.61. The summed E-state index contributed by atoms with van der Waals surface area (Å²) in [6.07, 6.45) is 10.5. The van der Waals surface area contributed by atoms with E-state index in [9.17, 15) is 4.79 Å². The zero-order chi connectivity index (χ0) is 14.3. The van der Waals surface area contributed by atoms with Gasteiger partial charge in [-0.3, -0.25) is 9.69 Å². The van der Waals surface area contributed by atoms with Crippen LogP contribution in [0.4, 0.5) is 0 Å². The quantitative estimate of drug-likeness (QED) is 0.519. The van der Waals surface area contributed by atoms with Crippen LogP contribution >= 0.6 is 0 Å². The van der Waals surface area contributed by atoms with Crippen molar-refractivity contribution in [1.29, 1.82) is 0 Å². The fourth-order valence-corrected chi connectivity index (χ4v) is 2.19. The Balaban J connectivity index is 3.27. The fourth-order valence-electron chi connectivity index (χ4n) is 2.19. The number of nitrogens with zero attached hydrogens (tertiary/aromatic N) is 1. The molecule has 0 heterocycles. The zero-order valence-electron chi connectivity index (χ0n) is 13.3. The monoisotopic (exact) mass is 270 g/mol. The van der Waals surface area contributed by atoms with Crippen LogP contribution in [-0.2, 0) is 4.79 Å². The molecule has 0 aromatic heterocycles. The summed E-state index contributed by atoms with van der Waals surface area (Å²) in [5.74, 6) is 0.173. The number of carbonyl (C=O) groups excluding carboxylic acids is 1. The second-order valence-electron chi connectivity index (χ2n) is 5.29. The highest BCUT2D eigenvalue weighted by Crippen LogP contribution is 2.07. The van der Waals surface area contributed by atoms with Gasteiger partial charge in [0.25, 0.3) is 0 Å². The molecule has 1 amide bonds. The first-order chi connectivity index (χ1) is 9.24. The third kappa shape index (κ3) is 12.2. The van der Waals surface area contributed by atoms with E-state index >= 15 is 0 Å². The van der Waals surface area contributed by atoms with Crippen LogP contribution in [0.5, 0.6) is 0 Å². The Morgan fingerprint density at radius 3 is 1.89 bits per heavy atom. The molecule has 19 heavy (non-hydrogen) atoms. The smallest absolute Gasteiger partial charge is 0.234 e. The summed E-state index contributed by atoms with van der Waals surface area (Å²) >= 11 is 0. The summed E-state index contributed by atoms with van der Waals surface area (Å²) in [6.45, 7) is 9.72. The first-order valence-corrected chi connectivity index (χ1v) is 8.23. The standard InChI is InChI=1S/C16H34N2O/c1-4-7-8-9-10-11-12-13-14-17-16(19)15-18(5-2)6-3/h4-15H2,1-3H3,(H,17,19). The van der Waals surface area contributed by atoms with E-state index in [0.717, 1.165) is 26.1 Å². The van der Waals surface area contributed by atoms with Crippen molar-refractivity contribution in [3.63, 3.8) is 0 Å². The maximum Gasteiger partial charge on any atom is 0.234 e. The summed E-state index contributed by atoms with van der Waals surface area (Å²) in [4.78, 5) is 13.8. The Kier molecular flexibility index (Phi) is 13.4. The number of carbonyl (C=O) groups is 1. The summed E-state index contributed by atoms with van der Waals surface area (Å²) in [5.41, 5.74) is 0. The Morgan fingerprint density at radius 2 is 1.37 bits per heavy atom. The summed E-state index contributed by atoms with van der Waals surface area (Å²) < 4.78 is 0. The van der Waals surface area contributed by atoms with Gasteiger partial charge in [-0.05, 0) is 19.5 Å². The van der Waals surface area contributed by atoms with Crippen LogP contribution in [0.1, 0.15) is 72.1 Å². The molecule has 3 heteroatoms. The molecule has 0 aliphatic rings. The molecule has 0 aromatic carbocycles. The molecule has 0 radical (unpaired) electrons. The first-order valence-electron chi connectivity index (χ1n) is 8.23. The molecule has 0 spiro atoms. The second kappa shape index (κ2) is 13.9. The van der Waals surface area contributed by atoms with Crippen LogP contribution in [0, 0.1) is 0 Å². The molecule has 0 aliphatic heterocycles. The molecule has 3 nitrogen and oxygen atoms in total. The molecular formula is C16H34N2O. The normalized spacial score (nSPS) is 10.9. The van der Waals surface area contributed by atoms with E-state index in [-0.39, 0.29) is 5.91 Å². The highest BCUT2D eigenvalue weighted by Gasteiger charge is 2.05. The van der Waals surface area contributed by atoms with Gasteiger partial charge in [-0.1, -0.05) is 65.7 Å². The van der Waals surface area contributed by atoms with Crippen molar-refractivity contribution < 1.29 is 4.79 Å². The fraction of sp³-hybridized carbons (Fsp3) is 0.938. The van der Waals surface area contributed by atoms with E-state index in [1.165, 1.54) is 44.9 Å². The average Bonchev–Trinajstić information content (AvgIpc) is 2.43. The lowest BCUT2D eigenvalue weighted by molar-refractivity contribution is -0.122. The van der Waals surface area contributed by atoms with Gasteiger partial charge in [-0.25, -0.2) is 0 Å². The van der Waals surface area contributed by atoms with Gasteiger partial charge in [-0.15, -0.1) is 0 Å². The minimum absolute atomic E-state index is 0.173. The molecule has 0 unspecified atom stereocenters. The van der Waals surface area contributed by atoms with Crippen LogP contribution in [0.2, 0.25) is 0 Å². The van der Waals surface area contributed by atoms with Gasteiger partial charge in [0.2, 0.25) is 5.91 Å². The highest BCUT2D eigenvalue weighted by atomic mass is 16.2. The summed E-state index contributed by atoms with van der Waals surface area (Å²) in [5, 5.41) is 3.01. The Labute approximate surface area is 120 Å². The molecule has 0 rings (SSSR count). The van der Waals surface area contributed by atoms with Crippen molar-refractivity contribution in [2.75, 3.05) is 26.2 Å². The predicted molar refractivity (Wildman–Crippen MR) is 83.4 cm³/mol. The molecule has 0 saturated carbocycles. The van der Waals surface area contributed by atoms with E-state index in [0.29, 0.717) is 6.54 Å². The Hall–Kier alpha value is -0.570. The molecule has 0 saturated heterocycles.